The Morgan fingerprint density at radius 3 is 3.00 bits per heavy atom. The van der Waals surface area contributed by atoms with Crippen LogP contribution in [0.1, 0.15) is 6.42 Å². The van der Waals surface area contributed by atoms with Gasteiger partial charge in [-0.3, -0.25) is 0 Å². The van der Waals surface area contributed by atoms with Crippen molar-refractivity contribution in [3.63, 3.8) is 0 Å². The molecular formula is C6H5Br2N. The lowest BCUT2D eigenvalue weighted by Crippen LogP contribution is -1.79. The smallest absolute Gasteiger partial charge is 0.107 e. The predicted molar refractivity (Wildman–Crippen MR) is 47.1 cm³/mol. The molecule has 0 unspecified atom stereocenters. The number of nitrogens with zero attached hydrogens (tertiary/aromatic N) is 1. The van der Waals surface area contributed by atoms with E-state index in [2.05, 4.69) is 36.9 Å². The van der Waals surface area contributed by atoms with E-state index in [1.807, 2.05) is 18.2 Å². The summed E-state index contributed by atoms with van der Waals surface area (Å²) in [5, 5.41) is 0. The minimum atomic E-state index is 0.864. The minimum Gasteiger partial charge on any atom is -0.238 e. The van der Waals surface area contributed by atoms with Gasteiger partial charge in [-0.2, -0.15) is 0 Å². The Hall–Kier alpha value is 0.110. The maximum atomic E-state index is 4.12. The van der Waals surface area contributed by atoms with Crippen LogP contribution in [-0.2, 0) is 0 Å². The third kappa shape index (κ3) is 2.45. The van der Waals surface area contributed by atoms with Gasteiger partial charge in [-0.25, -0.2) is 4.99 Å². The number of allylic oxidation sites excluding steroid dienone is 3. The van der Waals surface area contributed by atoms with Crippen molar-refractivity contribution in [1.82, 2.24) is 0 Å². The van der Waals surface area contributed by atoms with Gasteiger partial charge in [0, 0.05) is 6.42 Å². The molecule has 3 heteroatoms. The second-order valence-corrected chi connectivity index (χ2v) is 3.34. The first-order valence-corrected chi connectivity index (χ1v) is 4.13. The minimum absolute atomic E-state index is 0.864. The van der Waals surface area contributed by atoms with Gasteiger partial charge in [-0.15, -0.1) is 0 Å². The highest BCUT2D eigenvalue weighted by molar-refractivity contribution is 9.18. The first-order valence-electron chi connectivity index (χ1n) is 2.54. The van der Waals surface area contributed by atoms with Crippen molar-refractivity contribution >= 4 is 36.5 Å². The summed E-state index contributed by atoms with van der Waals surface area (Å²) in [6, 6.07) is 0. The fraction of sp³-hybridized carbons (Fsp3) is 0.167. The lowest BCUT2D eigenvalue weighted by molar-refractivity contribution is 1.48. The van der Waals surface area contributed by atoms with Crippen LogP contribution in [-0.4, -0.2) is 4.62 Å². The highest BCUT2D eigenvalue weighted by Gasteiger charge is 1.93. The molecule has 0 amide bonds. The van der Waals surface area contributed by atoms with Crippen LogP contribution in [0.25, 0.3) is 0 Å². The SMILES string of the molecule is BrC1=CC=CCC(Br)=N1. The Morgan fingerprint density at radius 1 is 1.44 bits per heavy atom. The number of halogens is 2. The summed E-state index contributed by atoms with van der Waals surface area (Å²) in [4.78, 5) is 4.12. The first kappa shape index (κ1) is 7.22. The summed E-state index contributed by atoms with van der Waals surface area (Å²) in [7, 11) is 0. The monoisotopic (exact) mass is 249 g/mol. The Bertz CT molecular complexity index is 191. The van der Waals surface area contributed by atoms with E-state index in [9.17, 15) is 0 Å². The van der Waals surface area contributed by atoms with Gasteiger partial charge in [0.2, 0.25) is 0 Å². The van der Waals surface area contributed by atoms with Gasteiger partial charge in [0.15, 0.2) is 0 Å². The zero-order chi connectivity index (χ0) is 6.69. The van der Waals surface area contributed by atoms with Gasteiger partial charge < -0.3 is 0 Å². The fourth-order valence-corrected chi connectivity index (χ4v) is 1.49. The van der Waals surface area contributed by atoms with E-state index < -0.39 is 0 Å². The van der Waals surface area contributed by atoms with Crippen LogP contribution in [0.3, 0.4) is 0 Å². The Labute approximate surface area is 70.8 Å². The molecule has 0 fully saturated rings. The average Bonchev–Trinajstić information content (AvgIpc) is 1.93. The summed E-state index contributed by atoms with van der Waals surface area (Å²) in [5.41, 5.74) is 0. The van der Waals surface area contributed by atoms with Gasteiger partial charge in [0.1, 0.15) is 4.61 Å². The largest absolute Gasteiger partial charge is 0.238 e. The highest BCUT2D eigenvalue weighted by Crippen LogP contribution is 2.13. The molecule has 0 N–H and O–H groups in total. The maximum absolute atomic E-state index is 4.12. The van der Waals surface area contributed by atoms with Crippen molar-refractivity contribution in [3.05, 3.63) is 22.8 Å². The van der Waals surface area contributed by atoms with Gasteiger partial charge in [-0.05, 0) is 37.9 Å². The molecule has 0 spiro atoms. The van der Waals surface area contributed by atoms with E-state index in [-0.39, 0.29) is 0 Å². The van der Waals surface area contributed by atoms with E-state index >= 15 is 0 Å². The van der Waals surface area contributed by atoms with Gasteiger partial charge >= 0.3 is 0 Å². The number of rotatable bonds is 0. The summed E-state index contributed by atoms with van der Waals surface area (Å²) in [5.74, 6) is 0. The molecule has 0 radical (unpaired) electrons. The summed E-state index contributed by atoms with van der Waals surface area (Å²) >= 11 is 6.58. The zero-order valence-electron chi connectivity index (χ0n) is 4.64. The van der Waals surface area contributed by atoms with Crippen molar-refractivity contribution in [3.8, 4) is 0 Å². The average molecular weight is 251 g/mol. The molecule has 1 heterocycles. The molecular weight excluding hydrogens is 246 g/mol. The molecule has 0 saturated carbocycles. The standard InChI is InChI=1S/C6H5Br2N/c7-5-3-1-2-4-6(8)9-5/h1-3H,4H2. The van der Waals surface area contributed by atoms with E-state index in [4.69, 9.17) is 0 Å². The molecule has 0 aliphatic carbocycles. The second kappa shape index (κ2) is 3.32. The zero-order valence-corrected chi connectivity index (χ0v) is 7.81. The van der Waals surface area contributed by atoms with Gasteiger partial charge in [-0.1, -0.05) is 12.2 Å². The lowest BCUT2D eigenvalue weighted by Gasteiger charge is -1.87. The molecule has 0 atom stereocenters. The van der Waals surface area contributed by atoms with E-state index in [0.29, 0.717) is 0 Å². The topological polar surface area (TPSA) is 12.4 Å². The molecule has 1 aliphatic rings. The predicted octanol–water partition coefficient (Wildman–Crippen LogP) is 2.98. The fourth-order valence-electron chi connectivity index (χ4n) is 0.512. The molecule has 0 aromatic carbocycles. The van der Waals surface area contributed by atoms with E-state index in [1.54, 1.807) is 0 Å². The summed E-state index contributed by atoms with van der Waals surface area (Å²) < 4.78 is 1.82. The Morgan fingerprint density at radius 2 is 2.22 bits per heavy atom. The lowest BCUT2D eigenvalue weighted by atomic mass is 10.4. The van der Waals surface area contributed by atoms with Crippen LogP contribution in [0.2, 0.25) is 0 Å². The van der Waals surface area contributed by atoms with Crippen LogP contribution in [0.4, 0.5) is 0 Å². The van der Waals surface area contributed by atoms with Crippen LogP contribution in [0, 0.1) is 0 Å². The van der Waals surface area contributed by atoms with Crippen molar-refractivity contribution in [1.29, 1.82) is 0 Å². The molecule has 9 heavy (non-hydrogen) atoms. The summed E-state index contributed by atoms with van der Waals surface area (Å²) in [6.45, 7) is 0. The van der Waals surface area contributed by atoms with Crippen molar-refractivity contribution in [2.45, 2.75) is 6.42 Å². The Kier molecular flexibility index (Phi) is 2.66. The van der Waals surface area contributed by atoms with Crippen LogP contribution in [0.15, 0.2) is 27.8 Å². The van der Waals surface area contributed by atoms with Crippen molar-refractivity contribution < 1.29 is 0 Å². The number of aliphatic imine (C=N–C) groups is 1. The van der Waals surface area contributed by atoms with E-state index in [1.165, 1.54) is 0 Å². The molecule has 0 aromatic rings. The molecule has 48 valence electrons. The van der Waals surface area contributed by atoms with Crippen LogP contribution < -0.4 is 0 Å². The molecule has 1 nitrogen and oxygen atoms in total. The second-order valence-electron chi connectivity index (χ2n) is 1.61. The molecule has 0 aromatic heterocycles. The van der Waals surface area contributed by atoms with Gasteiger partial charge in [0.05, 0.1) is 4.62 Å². The number of hydrogen-bond acceptors (Lipinski definition) is 1. The van der Waals surface area contributed by atoms with Gasteiger partial charge in [0.25, 0.3) is 0 Å². The third-order valence-corrected chi connectivity index (χ3v) is 1.83. The Balaban J connectivity index is 2.82. The maximum Gasteiger partial charge on any atom is 0.107 e. The summed E-state index contributed by atoms with van der Waals surface area (Å²) in [6.07, 6.45) is 6.81. The van der Waals surface area contributed by atoms with Crippen molar-refractivity contribution in [2.24, 2.45) is 4.99 Å². The third-order valence-electron chi connectivity index (χ3n) is 0.884. The highest BCUT2D eigenvalue weighted by atomic mass is 79.9. The van der Waals surface area contributed by atoms with E-state index in [0.717, 1.165) is 15.6 Å². The molecule has 0 bridgehead atoms. The number of hydrogen-bond donors (Lipinski definition) is 0. The van der Waals surface area contributed by atoms with Crippen molar-refractivity contribution in [2.75, 3.05) is 0 Å². The molecule has 1 aliphatic heterocycles. The first-order chi connectivity index (χ1) is 4.29. The van der Waals surface area contributed by atoms with Crippen LogP contribution >= 0.6 is 31.9 Å². The molecule has 0 saturated heterocycles. The molecule has 1 rings (SSSR count). The quantitative estimate of drug-likeness (QED) is 0.587. The normalized spacial score (nSPS) is 18.4. The van der Waals surface area contributed by atoms with Crippen LogP contribution in [0.5, 0.6) is 0 Å².